The van der Waals surface area contributed by atoms with Gasteiger partial charge in [-0.15, -0.1) is 0 Å². The summed E-state index contributed by atoms with van der Waals surface area (Å²) in [5.41, 5.74) is 3.23. The summed E-state index contributed by atoms with van der Waals surface area (Å²) in [5, 5.41) is 7.64. The van der Waals surface area contributed by atoms with E-state index in [0.717, 1.165) is 55.2 Å². The molecule has 2 aromatic heterocycles. The van der Waals surface area contributed by atoms with Crippen LogP contribution in [0.1, 0.15) is 48.5 Å². The van der Waals surface area contributed by atoms with Gasteiger partial charge in [0.15, 0.2) is 0 Å². The molecule has 1 atom stereocenters. The molecule has 0 saturated carbocycles. The first-order valence-corrected chi connectivity index (χ1v) is 9.01. The van der Waals surface area contributed by atoms with E-state index in [9.17, 15) is 4.79 Å². The van der Waals surface area contributed by atoms with Gasteiger partial charge >= 0.3 is 0 Å². The van der Waals surface area contributed by atoms with Gasteiger partial charge in [0.2, 0.25) is 5.91 Å². The van der Waals surface area contributed by atoms with Crippen LogP contribution in [0.2, 0.25) is 0 Å². The number of rotatable bonds is 5. The second-order valence-corrected chi connectivity index (χ2v) is 7.07. The van der Waals surface area contributed by atoms with Crippen LogP contribution in [0.15, 0.2) is 22.8 Å². The summed E-state index contributed by atoms with van der Waals surface area (Å²) in [6.07, 6.45) is 3.49. The van der Waals surface area contributed by atoms with E-state index in [2.05, 4.69) is 15.3 Å². The molecule has 1 saturated heterocycles. The van der Waals surface area contributed by atoms with Gasteiger partial charge in [-0.2, -0.15) is 5.10 Å². The molecule has 3 heterocycles. The molecule has 136 valence electrons. The first-order valence-electron chi connectivity index (χ1n) is 9.01. The van der Waals surface area contributed by atoms with E-state index in [1.807, 2.05) is 44.6 Å². The minimum atomic E-state index is -0.0117. The highest BCUT2D eigenvalue weighted by molar-refractivity contribution is 5.79. The number of aryl methyl sites for hydroxylation is 2. The van der Waals surface area contributed by atoms with Gasteiger partial charge in [-0.3, -0.25) is 14.4 Å². The molecule has 0 radical (unpaired) electrons. The van der Waals surface area contributed by atoms with Crippen molar-refractivity contribution >= 4 is 5.91 Å². The quantitative estimate of drug-likeness (QED) is 0.906. The van der Waals surface area contributed by atoms with Crippen molar-refractivity contribution in [3.8, 4) is 0 Å². The fourth-order valence-corrected chi connectivity index (χ4v) is 3.80. The van der Waals surface area contributed by atoms with Crippen molar-refractivity contribution in [3.63, 3.8) is 0 Å². The molecule has 25 heavy (non-hydrogen) atoms. The van der Waals surface area contributed by atoms with E-state index >= 15 is 0 Å². The third-order valence-electron chi connectivity index (χ3n) is 5.27. The maximum atomic E-state index is 12.7. The van der Waals surface area contributed by atoms with Crippen molar-refractivity contribution in [2.45, 2.75) is 46.2 Å². The minimum Gasteiger partial charge on any atom is -0.468 e. The Hall–Kier alpha value is -2.08. The van der Waals surface area contributed by atoms with Crippen LogP contribution in [-0.2, 0) is 18.4 Å². The van der Waals surface area contributed by atoms with Crippen molar-refractivity contribution in [2.75, 3.05) is 13.1 Å². The molecule has 1 N–H and O–H groups in total. The van der Waals surface area contributed by atoms with Crippen LogP contribution in [0.3, 0.4) is 0 Å². The molecule has 1 aliphatic heterocycles. The molecule has 1 unspecified atom stereocenters. The number of furan rings is 1. The number of piperidine rings is 1. The highest BCUT2D eigenvalue weighted by atomic mass is 16.3. The zero-order valence-electron chi connectivity index (χ0n) is 15.6. The Morgan fingerprint density at radius 2 is 2.12 bits per heavy atom. The summed E-state index contributed by atoms with van der Waals surface area (Å²) in [6.45, 7) is 8.77. The third kappa shape index (κ3) is 3.95. The van der Waals surface area contributed by atoms with Gasteiger partial charge in [0, 0.05) is 24.2 Å². The molecular weight excluding hydrogens is 316 g/mol. The fourth-order valence-electron chi connectivity index (χ4n) is 3.80. The van der Waals surface area contributed by atoms with Gasteiger partial charge in [-0.05, 0) is 58.8 Å². The van der Waals surface area contributed by atoms with Crippen molar-refractivity contribution in [1.29, 1.82) is 0 Å². The van der Waals surface area contributed by atoms with E-state index in [-0.39, 0.29) is 17.9 Å². The predicted molar refractivity (Wildman–Crippen MR) is 95.9 cm³/mol. The molecule has 1 amide bonds. The zero-order chi connectivity index (χ0) is 18.0. The summed E-state index contributed by atoms with van der Waals surface area (Å²) >= 11 is 0. The Morgan fingerprint density at radius 3 is 2.68 bits per heavy atom. The Bertz CT molecular complexity index is 712. The molecule has 6 nitrogen and oxygen atoms in total. The summed E-state index contributed by atoms with van der Waals surface area (Å²) in [7, 11) is 1.94. The average molecular weight is 344 g/mol. The second kappa shape index (κ2) is 7.44. The van der Waals surface area contributed by atoms with E-state index in [1.54, 1.807) is 6.26 Å². The van der Waals surface area contributed by atoms with Gasteiger partial charge in [-0.25, -0.2) is 0 Å². The molecule has 6 heteroatoms. The third-order valence-corrected chi connectivity index (χ3v) is 5.27. The predicted octanol–water partition coefficient (Wildman–Crippen LogP) is 2.72. The topological polar surface area (TPSA) is 63.3 Å². The van der Waals surface area contributed by atoms with E-state index < -0.39 is 0 Å². The lowest BCUT2D eigenvalue weighted by molar-refractivity contribution is -0.127. The fraction of sp³-hybridized carbons (Fsp3) is 0.579. The number of hydrogen-bond donors (Lipinski definition) is 1. The largest absolute Gasteiger partial charge is 0.468 e. The Kier molecular flexibility index (Phi) is 5.27. The standard InChI is InChI=1S/C19H28N4O2/c1-13(18-14(2)21-22(4)15(18)3)20-19(24)16-7-9-23(10-8-16)12-17-6-5-11-25-17/h5-6,11,13,16H,7-10,12H2,1-4H3,(H,20,24). The van der Waals surface area contributed by atoms with Crippen molar-refractivity contribution in [3.05, 3.63) is 41.1 Å². The van der Waals surface area contributed by atoms with Crippen molar-refractivity contribution < 1.29 is 9.21 Å². The molecule has 1 fully saturated rings. The Balaban J connectivity index is 1.52. The number of nitrogens with one attached hydrogen (secondary N) is 1. The maximum Gasteiger partial charge on any atom is 0.223 e. The Morgan fingerprint density at radius 1 is 1.40 bits per heavy atom. The second-order valence-electron chi connectivity index (χ2n) is 7.07. The molecule has 0 bridgehead atoms. The van der Waals surface area contributed by atoms with Crippen LogP contribution in [0.25, 0.3) is 0 Å². The lowest BCUT2D eigenvalue weighted by Crippen LogP contribution is -2.41. The van der Waals surface area contributed by atoms with Gasteiger partial charge in [0.25, 0.3) is 0 Å². The highest BCUT2D eigenvalue weighted by Crippen LogP contribution is 2.24. The smallest absolute Gasteiger partial charge is 0.223 e. The van der Waals surface area contributed by atoms with Crippen LogP contribution in [0.4, 0.5) is 0 Å². The van der Waals surface area contributed by atoms with Gasteiger partial charge in [0.05, 0.1) is 24.5 Å². The summed E-state index contributed by atoms with van der Waals surface area (Å²) in [5.74, 6) is 1.24. The molecule has 0 aliphatic carbocycles. The molecule has 1 aliphatic rings. The van der Waals surface area contributed by atoms with Crippen LogP contribution in [-0.4, -0.2) is 33.7 Å². The SMILES string of the molecule is Cc1nn(C)c(C)c1C(C)NC(=O)C1CCN(Cc2ccco2)CC1. The van der Waals surface area contributed by atoms with Crippen LogP contribution in [0, 0.1) is 19.8 Å². The average Bonchev–Trinajstić information content (AvgIpc) is 3.16. The zero-order valence-corrected chi connectivity index (χ0v) is 15.6. The number of hydrogen-bond acceptors (Lipinski definition) is 4. The van der Waals surface area contributed by atoms with E-state index in [1.165, 1.54) is 0 Å². The molecular formula is C19H28N4O2. The molecule has 3 rings (SSSR count). The van der Waals surface area contributed by atoms with Crippen molar-refractivity contribution in [1.82, 2.24) is 20.0 Å². The number of amides is 1. The van der Waals surface area contributed by atoms with Crippen LogP contribution < -0.4 is 5.32 Å². The first-order chi connectivity index (χ1) is 12.0. The highest BCUT2D eigenvalue weighted by Gasteiger charge is 2.27. The maximum absolute atomic E-state index is 12.7. The van der Waals surface area contributed by atoms with Crippen LogP contribution in [0.5, 0.6) is 0 Å². The Labute approximate surface area is 149 Å². The lowest BCUT2D eigenvalue weighted by Gasteiger charge is -2.31. The number of aromatic nitrogens is 2. The summed E-state index contributed by atoms with van der Waals surface area (Å²) < 4.78 is 7.28. The van der Waals surface area contributed by atoms with Crippen molar-refractivity contribution in [2.24, 2.45) is 13.0 Å². The molecule has 0 spiro atoms. The van der Waals surface area contributed by atoms with Gasteiger partial charge < -0.3 is 9.73 Å². The molecule has 0 aromatic carbocycles. The van der Waals surface area contributed by atoms with E-state index in [0.29, 0.717) is 0 Å². The van der Waals surface area contributed by atoms with E-state index in [4.69, 9.17) is 4.42 Å². The van der Waals surface area contributed by atoms with Gasteiger partial charge in [0.1, 0.15) is 5.76 Å². The van der Waals surface area contributed by atoms with Crippen LogP contribution >= 0.6 is 0 Å². The number of likely N-dealkylation sites (tertiary alicyclic amines) is 1. The number of carbonyl (C=O) groups excluding carboxylic acids is 1. The van der Waals surface area contributed by atoms with Gasteiger partial charge in [-0.1, -0.05) is 0 Å². The normalized spacial score (nSPS) is 17.6. The minimum absolute atomic E-state index is 0.0117. The lowest BCUT2D eigenvalue weighted by atomic mass is 9.95. The summed E-state index contributed by atoms with van der Waals surface area (Å²) in [4.78, 5) is 15.0. The number of carbonyl (C=O) groups is 1. The number of nitrogens with zero attached hydrogens (tertiary/aromatic N) is 3. The first kappa shape index (κ1) is 17.7. The molecule has 2 aromatic rings. The summed E-state index contributed by atoms with van der Waals surface area (Å²) in [6, 6.07) is 3.90. The monoisotopic (exact) mass is 344 g/mol.